The molecule has 4 aromatic rings. The molecule has 1 aliphatic rings. The van der Waals surface area contributed by atoms with Crippen molar-refractivity contribution in [3.05, 3.63) is 48.3 Å². The van der Waals surface area contributed by atoms with E-state index in [9.17, 15) is 0 Å². The van der Waals surface area contributed by atoms with E-state index in [2.05, 4.69) is 36.6 Å². The first kappa shape index (κ1) is 16.1. The molecular formula is C19H19N7O. The van der Waals surface area contributed by atoms with Crippen LogP contribution < -0.4 is 5.32 Å². The first-order valence-electron chi connectivity index (χ1n) is 9.05. The van der Waals surface area contributed by atoms with Gasteiger partial charge in [0.15, 0.2) is 5.65 Å². The van der Waals surface area contributed by atoms with Gasteiger partial charge in [0.1, 0.15) is 5.82 Å². The molecule has 5 rings (SSSR count). The van der Waals surface area contributed by atoms with Gasteiger partial charge in [-0.25, -0.2) is 14.6 Å². The largest absolute Gasteiger partial charge is 0.396 e. The molecule has 3 heterocycles. The zero-order chi connectivity index (χ0) is 18.2. The molecule has 0 aliphatic heterocycles. The molecule has 0 saturated heterocycles. The van der Waals surface area contributed by atoms with Crippen molar-refractivity contribution in [3.8, 4) is 0 Å². The van der Waals surface area contributed by atoms with Gasteiger partial charge >= 0.3 is 0 Å². The van der Waals surface area contributed by atoms with E-state index in [1.807, 2.05) is 24.3 Å². The molecule has 8 nitrogen and oxygen atoms in total. The Bertz CT molecular complexity index is 1110. The van der Waals surface area contributed by atoms with Crippen LogP contribution in [0.25, 0.3) is 22.2 Å². The molecular weight excluding hydrogens is 342 g/mol. The SMILES string of the molecule is OC[C@H]1C[C@@H]1CNc1cnc2nnn(Cc3ccc4ncccc4c3)c2n1. The van der Waals surface area contributed by atoms with Crippen LogP contribution in [0.15, 0.2) is 42.7 Å². The van der Waals surface area contributed by atoms with Gasteiger partial charge in [-0.2, -0.15) is 0 Å². The van der Waals surface area contributed by atoms with Gasteiger partial charge in [0, 0.05) is 24.7 Å². The summed E-state index contributed by atoms with van der Waals surface area (Å²) >= 11 is 0. The van der Waals surface area contributed by atoms with Gasteiger partial charge in [-0.1, -0.05) is 17.3 Å². The number of rotatable bonds is 6. The monoisotopic (exact) mass is 361 g/mol. The lowest BCUT2D eigenvalue weighted by atomic mass is 10.1. The van der Waals surface area contributed by atoms with E-state index < -0.39 is 0 Å². The maximum atomic E-state index is 9.15. The number of nitrogens with zero attached hydrogens (tertiary/aromatic N) is 6. The molecule has 2 atom stereocenters. The van der Waals surface area contributed by atoms with Gasteiger partial charge < -0.3 is 10.4 Å². The Morgan fingerprint density at radius 3 is 3.04 bits per heavy atom. The van der Waals surface area contributed by atoms with E-state index in [-0.39, 0.29) is 6.61 Å². The Morgan fingerprint density at radius 2 is 2.15 bits per heavy atom. The van der Waals surface area contributed by atoms with Crippen molar-refractivity contribution in [1.29, 1.82) is 0 Å². The van der Waals surface area contributed by atoms with Gasteiger partial charge in [0.25, 0.3) is 0 Å². The second kappa shape index (κ2) is 6.55. The van der Waals surface area contributed by atoms with Crippen LogP contribution in [0.3, 0.4) is 0 Å². The average molecular weight is 361 g/mol. The Labute approximate surface area is 155 Å². The van der Waals surface area contributed by atoms with Gasteiger partial charge in [-0.3, -0.25) is 4.98 Å². The van der Waals surface area contributed by atoms with Crippen LogP contribution in [-0.2, 0) is 6.54 Å². The van der Waals surface area contributed by atoms with E-state index >= 15 is 0 Å². The fourth-order valence-electron chi connectivity index (χ4n) is 3.36. The summed E-state index contributed by atoms with van der Waals surface area (Å²) in [5.74, 6) is 1.64. The molecule has 1 fully saturated rings. The standard InChI is InChI=1S/C19H19N7O/c27-11-15-7-14(15)8-21-17-9-22-18-19(23-17)26(25-24-18)10-12-3-4-16-13(6-12)2-1-5-20-16/h1-6,9,14-15,27H,7-8,10-11H2,(H,21,23)/t14-,15-/m1/s1. The molecule has 136 valence electrons. The van der Waals surface area contributed by atoms with E-state index in [4.69, 9.17) is 5.11 Å². The Morgan fingerprint density at radius 1 is 1.19 bits per heavy atom. The van der Waals surface area contributed by atoms with Crippen molar-refractivity contribution in [2.24, 2.45) is 11.8 Å². The minimum Gasteiger partial charge on any atom is -0.396 e. The summed E-state index contributed by atoms with van der Waals surface area (Å²) in [5.41, 5.74) is 3.26. The van der Waals surface area contributed by atoms with Crippen molar-refractivity contribution in [2.75, 3.05) is 18.5 Å². The average Bonchev–Trinajstić information content (AvgIpc) is 3.38. The van der Waals surface area contributed by atoms with Gasteiger partial charge in [0.2, 0.25) is 5.65 Å². The highest BCUT2D eigenvalue weighted by Crippen LogP contribution is 2.37. The summed E-state index contributed by atoms with van der Waals surface area (Å²) in [7, 11) is 0. The van der Waals surface area contributed by atoms with Crippen LogP contribution in [0.2, 0.25) is 0 Å². The van der Waals surface area contributed by atoms with E-state index in [0.717, 1.165) is 29.4 Å². The topological polar surface area (TPSA) is 102 Å². The van der Waals surface area contributed by atoms with Crippen LogP contribution in [0.1, 0.15) is 12.0 Å². The quantitative estimate of drug-likeness (QED) is 0.540. The second-order valence-electron chi connectivity index (χ2n) is 7.00. The predicted molar refractivity (Wildman–Crippen MR) is 101 cm³/mol. The minimum atomic E-state index is 0.259. The van der Waals surface area contributed by atoms with Crippen molar-refractivity contribution < 1.29 is 5.11 Å². The summed E-state index contributed by atoms with van der Waals surface area (Å²) in [6.07, 6.45) is 4.54. The lowest BCUT2D eigenvalue weighted by molar-refractivity contribution is 0.270. The number of hydrogen-bond acceptors (Lipinski definition) is 7. The number of anilines is 1. The Balaban J connectivity index is 1.38. The minimum absolute atomic E-state index is 0.259. The third kappa shape index (κ3) is 3.19. The van der Waals surface area contributed by atoms with Crippen LogP contribution in [0.4, 0.5) is 5.82 Å². The number of aliphatic hydroxyl groups excluding tert-OH is 1. The van der Waals surface area contributed by atoms with Crippen LogP contribution >= 0.6 is 0 Å². The highest BCUT2D eigenvalue weighted by atomic mass is 16.3. The molecule has 1 aliphatic carbocycles. The zero-order valence-corrected chi connectivity index (χ0v) is 14.7. The molecule has 0 bridgehead atoms. The number of fused-ring (bicyclic) bond motifs is 2. The number of hydrogen-bond donors (Lipinski definition) is 2. The van der Waals surface area contributed by atoms with Crippen LogP contribution in [0, 0.1) is 11.8 Å². The maximum Gasteiger partial charge on any atom is 0.221 e. The predicted octanol–water partition coefficient (Wildman–Crippen LogP) is 1.86. The van der Waals surface area contributed by atoms with Crippen molar-refractivity contribution in [2.45, 2.75) is 13.0 Å². The molecule has 0 spiro atoms. The molecule has 0 unspecified atom stereocenters. The lowest BCUT2D eigenvalue weighted by Gasteiger charge is -2.06. The fourth-order valence-corrected chi connectivity index (χ4v) is 3.36. The van der Waals surface area contributed by atoms with E-state index in [1.54, 1.807) is 17.1 Å². The first-order valence-corrected chi connectivity index (χ1v) is 9.05. The third-order valence-electron chi connectivity index (χ3n) is 5.08. The summed E-state index contributed by atoms with van der Waals surface area (Å²) in [6.45, 7) is 1.62. The van der Waals surface area contributed by atoms with E-state index in [1.165, 1.54) is 0 Å². The number of nitrogens with one attached hydrogen (secondary N) is 1. The molecule has 3 aromatic heterocycles. The van der Waals surface area contributed by atoms with Crippen molar-refractivity contribution in [3.63, 3.8) is 0 Å². The van der Waals surface area contributed by atoms with Crippen LogP contribution in [0.5, 0.6) is 0 Å². The maximum absolute atomic E-state index is 9.15. The molecule has 2 N–H and O–H groups in total. The molecule has 27 heavy (non-hydrogen) atoms. The van der Waals surface area contributed by atoms with Gasteiger partial charge in [0.05, 0.1) is 18.3 Å². The zero-order valence-electron chi connectivity index (χ0n) is 14.7. The number of benzene rings is 1. The highest BCUT2D eigenvalue weighted by Gasteiger charge is 2.35. The number of aliphatic hydroxyl groups is 1. The molecule has 0 amide bonds. The lowest BCUT2D eigenvalue weighted by Crippen LogP contribution is -2.09. The van der Waals surface area contributed by atoms with Gasteiger partial charge in [-0.05, 0) is 42.0 Å². The Hall–Kier alpha value is -3.13. The second-order valence-corrected chi connectivity index (χ2v) is 7.00. The van der Waals surface area contributed by atoms with Crippen LogP contribution in [-0.4, -0.2) is 48.2 Å². The fraction of sp³-hybridized carbons (Fsp3) is 0.316. The third-order valence-corrected chi connectivity index (χ3v) is 5.08. The van der Waals surface area contributed by atoms with Gasteiger partial charge in [-0.15, -0.1) is 5.10 Å². The molecule has 1 saturated carbocycles. The molecule has 8 heteroatoms. The summed E-state index contributed by atoms with van der Waals surface area (Å²) in [4.78, 5) is 13.3. The first-order chi connectivity index (χ1) is 13.3. The smallest absolute Gasteiger partial charge is 0.221 e. The molecule has 1 aromatic carbocycles. The summed E-state index contributed by atoms with van der Waals surface area (Å²) < 4.78 is 1.76. The molecule has 0 radical (unpaired) electrons. The summed E-state index contributed by atoms with van der Waals surface area (Å²) in [5, 5.41) is 21.9. The number of aromatic nitrogens is 6. The Kier molecular flexibility index (Phi) is 3.90. The van der Waals surface area contributed by atoms with Crippen molar-refractivity contribution >= 4 is 28.0 Å². The number of pyridine rings is 1. The van der Waals surface area contributed by atoms with Crippen molar-refractivity contribution in [1.82, 2.24) is 29.9 Å². The normalized spacial score (nSPS) is 18.9. The summed E-state index contributed by atoms with van der Waals surface area (Å²) in [6, 6.07) is 10.1. The van der Waals surface area contributed by atoms with E-state index in [0.29, 0.717) is 35.5 Å². The highest BCUT2D eigenvalue weighted by molar-refractivity contribution is 5.79.